The van der Waals surface area contributed by atoms with Crippen LogP contribution < -0.4 is 5.32 Å². The maximum absolute atomic E-state index is 11.0. The molecule has 0 radical (unpaired) electrons. The Morgan fingerprint density at radius 3 is 2.59 bits per heavy atom. The van der Waals surface area contributed by atoms with Crippen molar-refractivity contribution in [1.29, 1.82) is 0 Å². The second-order valence-electron chi connectivity index (χ2n) is 4.18. The zero-order valence-corrected chi connectivity index (χ0v) is 11.7. The van der Waals surface area contributed by atoms with Crippen molar-refractivity contribution in [2.45, 2.75) is 19.4 Å². The number of hydrogen-bond acceptors (Lipinski definition) is 3. The number of sulfone groups is 1. The molecule has 0 saturated carbocycles. The first-order valence-corrected chi connectivity index (χ1v) is 7.99. The Kier molecular flexibility index (Phi) is 5.43. The molecule has 1 aromatic carbocycles. The van der Waals surface area contributed by atoms with Gasteiger partial charge in [0, 0.05) is 17.3 Å². The van der Waals surface area contributed by atoms with Crippen molar-refractivity contribution in [3.63, 3.8) is 0 Å². The lowest BCUT2D eigenvalue weighted by Crippen LogP contribution is -2.22. The second-order valence-corrected chi connectivity index (χ2v) is 6.85. The van der Waals surface area contributed by atoms with Crippen LogP contribution in [0.15, 0.2) is 24.3 Å². The van der Waals surface area contributed by atoms with Crippen LogP contribution in [0.5, 0.6) is 0 Å². The van der Waals surface area contributed by atoms with Gasteiger partial charge < -0.3 is 5.32 Å². The minimum absolute atomic E-state index is 0.128. The fourth-order valence-electron chi connectivity index (χ4n) is 1.59. The van der Waals surface area contributed by atoms with Crippen molar-refractivity contribution < 1.29 is 8.42 Å². The molecule has 0 heterocycles. The average Bonchev–Trinajstić information content (AvgIpc) is 2.23. The second kappa shape index (κ2) is 6.38. The third-order valence-electron chi connectivity index (χ3n) is 2.51. The van der Waals surface area contributed by atoms with E-state index in [9.17, 15) is 8.42 Å². The van der Waals surface area contributed by atoms with Crippen molar-refractivity contribution in [3.8, 4) is 0 Å². The lowest BCUT2D eigenvalue weighted by molar-refractivity contribution is 0.562. The number of nitrogens with one attached hydrogen (secondary N) is 1. The van der Waals surface area contributed by atoms with Crippen molar-refractivity contribution in [2.24, 2.45) is 0 Å². The Labute approximate surface area is 108 Å². The molecule has 17 heavy (non-hydrogen) atoms. The molecule has 0 saturated heterocycles. The molecule has 1 rings (SSSR count). The number of rotatable bonds is 6. The molecule has 1 aromatic rings. The van der Waals surface area contributed by atoms with Crippen LogP contribution in [0.2, 0.25) is 5.02 Å². The highest BCUT2D eigenvalue weighted by Crippen LogP contribution is 2.21. The molecule has 0 bridgehead atoms. The molecular formula is C12H18ClNO2S. The van der Waals surface area contributed by atoms with Gasteiger partial charge in [0.05, 0.1) is 5.75 Å². The van der Waals surface area contributed by atoms with Crippen molar-refractivity contribution in [3.05, 3.63) is 34.9 Å². The van der Waals surface area contributed by atoms with E-state index < -0.39 is 9.84 Å². The standard InChI is InChI=1S/C12H18ClNO2S/c1-10(11-6-3-4-7-12(11)13)14-8-5-9-17(2,15)16/h3-4,6-7,10,14H,5,8-9H2,1-2H3/t10-/m0/s1. The van der Waals surface area contributed by atoms with Gasteiger partial charge in [0.15, 0.2) is 0 Å². The van der Waals surface area contributed by atoms with E-state index in [0.29, 0.717) is 13.0 Å². The van der Waals surface area contributed by atoms with Crippen LogP contribution in [0.4, 0.5) is 0 Å². The minimum atomic E-state index is -2.86. The van der Waals surface area contributed by atoms with Crippen LogP contribution in [-0.2, 0) is 9.84 Å². The first kappa shape index (κ1) is 14.5. The minimum Gasteiger partial charge on any atom is -0.310 e. The zero-order chi connectivity index (χ0) is 12.9. The lowest BCUT2D eigenvalue weighted by Gasteiger charge is -2.15. The van der Waals surface area contributed by atoms with Gasteiger partial charge in [0.25, 0.3) is 0 Å². The lowest BCUT2D eigenvalue weighted by atomic mass is 10.1. The summed E-state index contributed by atoms with van der Waals surface area (Å²) in [6.07, 6.45) is 1.87. The van der Waals surface area contributed by atoms with Crippen LogP contribution >= 0.6 is 11.6 Å². The Hall–Kier alpha value is -0.580. The maximum Gasteiger partial charge on any atom is 0.147 e. The molecule has 0 aromatic heterocycles. The van der Waals surface area contributed by atoms with E-state index >= 15 is 0 Å². The van der Waals surface area contributed by atoms with Crippen molar-refractivity contribution >= 4 is 21.4 Å². The summed E-state index contributed by atoms with van der Waals surface area (Å²) in [5.74, 6) is 0.218. The molecule has 1 N–H and O–H groups in total. The van der Waals surface area contributed by atoms with E-state index in [-0.39, 0.29) is 11.8 Å². The highest BCUT2D eigenvalue weighted by Gasteiger charge is 2.08. The summed E-state index contributed by atoms with van der Waals surface area (Å²) in [5, 5.41) is 4.00. The number of benzene rings is 1. The molecule has 3 nitrogen and oxygen atoms in total. The average molecular weight is 276 g/mol. The smallest absolute Gasteiger partial charge is 0.147 e. The zero-order valence-electron chi connectivity index (χ0n) is 10.1. The largest absolute Gasteiger partial charge is 0.310 e. The normalized spacial score (nSPS) is 13.6. The topological polar surface area (TPSA) is 46.2 Å². The molecule has 96 valence electrons. The fourth-order valence-corrected chi connectivity index (χ4v) is 2.56. The van der Waals surface area contributed by atoms with Gasteiger partial charge in [-0.05, 0) is 31.5 Å². The molecule has 0 aliphatic carbocycles. The van der Waals surface area contributed by atoms with Gasteiger partial charge in [-0.1, -0.05) is 29.8 Å². The van der Waals surface area contributed by atoms with E-state index in [1.807, 2.05) is 31.2 Å². The molecule has 5 heteroatoms. The summed E-state index contributed by atoms with van der Waals surface area (Å²) < 4.78 is 21.9. The molecular weight excluding hydrogens is 258 g/mol. The molecule has 1 atom stereocenters. The summed E-state index contributed by atoms with van der Waals surface area (Å²) in [6, 6.07) is 7.78. The van der Waals surface area contributed by atoms with Crippen molar-refractivity contribution in [2.75, 3.05) is 18.6 Å². The van der Waals surface area contributed by atoms with Crippen LogP contribution in [0, 0.1) is 0 Å². The Bertz CT molecular complexity index is 459. The van der Waals surface area contributed by atoms with Crippen LogP contribution in [-0.4, -0.2) is 27.0 Å². The maximum atomic E-state index is 11.0. The van der Waals surface area contributed by atoms with Gasteiger partial charge in [0.1, 0.15) is 9.84 Å². The third kappa shape index (κ3) is 5.52. The molecule has 0 aliphatic rings. The molecule has 0 unspecified atom stereocenters. The monoisotopic (exact) mass is 275 g/mol. The quantitative estimate of drug-likeness (QED) is 0.811. The summed E-state index contributed by atoms with van der Waals surface area (Å²) in [4.78, 5) is 0. The highest BCUT2D eigenvalue weighted by molar-refractivity contribution is 7.90. The summed E-state index contributed by atoms with van der Waals surface area (Å²) in [6.45, 7) is 2.68. The van der Waals surface area contributed by atoms with Gasteiger partial charge >= 0.3 is 0 Å². The molecule has 0 spiro atoms. The van der Waals surface area contributed by atoms with E-state index in [1.165, 1.54) is 6.26 Å². The third-order valence-corrected chi connectivity index (χ3v) is 3.89. The SMILES string of the molecule is C[C@H](NCCCS(C)(=O)=O)c1ccccc1Cl. The number of halogens is 1. The van der Waals surface area contributed by atoms with Gasteiger partial charge in [-0.2, -0.15) is 0 Å². The van der Waals surface area contributed by atoms with E-state index in [0.717, 1.165) is 10.6 Å². The Morgan fingerprint density at radius 2 is 2.00 bits per heavy atom. The molecule has 0 amide bonds. The molecule has 0 aliphatic heterocycles. The molecule has 0 fully saturated rings. The van der Waals surface area contributed by atoms with Crippen LogP contribution in [0.1, 0.15) is 24.9 Å². The first-order valence-electron chi connectivity index (χ1n) is 5.55. The van der Waals surface area contributed by atoms with Gasteiger partial charge in [-0.25, -0.2) is 8.42 Å². The highest BCUT2D eigenvalue weighted by atomic mass is 35.5. The van der Waals surface area contributed by atoms with Crippen LogP contribution in [0.25, 0.3) is 0 Å². The Morgan fingerprint density at radius 1 is 1.35 bits per heavy atom. The van der Waals surface area contributed by atoms with Gasteiger partial charge in [-0.15, -0.1) is 0 Å². The summed E-state index contributed by atoms with van der Waals surface area (Å²) in [7, 11) is -2.86. The van der Waals surface area contributed by atoms with Gasteiger partial charge in [-0.3, -0.25) is 0 Å². The predicted octanol–water partition coefficient (Wildman–Crippen LogP) is 2.43. The summed E-state index contributed by atoms with van der Waals surface area (Å²) >= 11 is 6.07. The van der Waals surface area contributed by atoms with E-state index in [1.54, 1.807) is 0 Å². The van der Waals surface area contributed by atoms with E-state index in [4.69, 9.17) is 11.6 Å². The van der Waals surface area contributed by atoms with Crippen molar-refractivity contribution in [1.82, 2.24) is 5.32 Å². The van der Waals surface area contributed by atoms with Gasteiger partial charge in [0.2, 0.25) is 0 Å². The summed E-state index contributed by atoms with van der Waals surface area (Å²) in [5.41, 5.74) is 1.04. The number of hydrogen-bond donors (Lipinski definition) is 1. The first-order chi connectivity index (χ1) is 7.90. The predicted molar refractivity (Wildman–Crippen MR) is 72.2 cm³/mol. The van der Waals surface area contributed by atoms with E-state index in [2.05, 4.69) is 5.32 Å². The fraction of sp³-hybridized carbons (Fsp3) is 0.500. The Balaban J connectivity index is 2.41. The van der Waals surface area contributed by atoms with Crippen LogP contribution in [0.3, 0.4) is 0 Å².